The van der Waals surface area contributed by atoms with Crippen LogP contribution >= 0.6 is 0 Å². The molecule has 14 heavy (non-hydrogen) atoms. The van der Waals surface area contributed by atoms with E-state index in [1.807, 2.05) is 6.92 Å². The Morgan fingerprint density at radius 1 is 1.43 bits per heavy atom. The van der Waals surface area contributed by atoms with Gasteiger partial charge in [0, 0.05) is 6.42 Å². The highest BCUT2D eigenvalue weighted by molar-refractivity contribution is 5.97. The molecule has 78 valence electrons. The Kier molecular flexibility index (Phi) is 2.26. The topological polar surface area (TPSA) is 37.3 Å². The van der Waals surface area contributed by atoms with E-state index < -0.39 is 0 Å². The Hall–Kier alpha value is -0.630. The third-order valence-electron chi connectivity index (χ3n) is 3.92. The first kappa shape index (κ1) is 9.91. The predicted octanol–water partition coefficient (Wildman–Crippen LogP) is 2.22. The molecule has 2 aliphatic rings. The SMILES string of the molecule is CC1=C2[C@H](O)CCC[C@@]2(C)CCC1=O. The molecule has 2 nitrogen and oxygen atoms in total. The number of hydrogen-bond donors (Lipinski definition) is 1. The van der Waals surface area contributed by atoms with E-state index in [9.17, 15) is 9.90 Å². The highest BCUT2D eigenvalue weighted by Crippen LogP contribution is 2.48. The van der Waals surface area contributed by atoms with E-state index in [4.69, 9.17) is 0 Å². The fourth-order valence-corrected chi connectivity index (χ4v) is 3.06. The van der Waals surface area contributed by atoms with E-state index in [1.165, 1.54) is 0 Å². The zero-order valence-electron chi connectivity index (χ0n) is 8.97. The van der Waals surface area contributed by atoms with Crippen LogP contribution in [-0.2, 0) is 4.79 Å². The van der Waals surface area contributed by atoms with Crippen molar-refractivity contribution in [1.29, 1.82) is 0 Å². The lowest BCUT2D eigenvalue weighted by Gasteiger charge is -2.43. The normalized spacial score (nSPS) is 38.5. The lowest BCUT2D eigenvalue weighted by Crippen LogP contribution is -2.37. The number of hydrogen-bond acceptors (Lipinski definition) is 2. The van der Waals surface area contributed by atoms with Crippen LogP contribution in [0.2, 0.25) is 0 Å². The van der Waals surface area contributed by atoms with Gasteiger partial charge in [-0.1, -0.05) is 6.92 Å². The minimum atomic E-state index is -0.363. The van der Waals surface area contributed by atoms with Crippen LogP contribution in [0.5, 0.6) is 0 Å². The van der Waals surface area contributed by atoms with Gasteiger partial charge in [0.05, 0.1) is 6.10 Å². The summed E-state index contributed by atoms with van der Waals surface area (Å²) < 4.78 is 0. The average molecular weight is 194 g/mol. The van der Waals surface area contributed by atoms with Crippen LogP contribution < -0.4 is 0 Å². The van der Waals surface area contributed by atoms with E-state index in [0.717, 1.165) is 36.8 Å². The minimum absolute atomic E-state index is 0.107. The Labute approximate surface area is 85.0 Å². The summed E-state index contributed by atoms with van der Waals surface area (Å²) in [6.07, 6.45) is 4.27. The number of carbonyl (C=O) groups excluding carboxylic acids is 1. The second-order valence-corrected chi connectivity index (χ2v) is 4.93. The van der Waals surface area contributed by atoms with Crippen LogP contribution in [0.4, 0.5) is 0 Å². The molecule has 0 saturated heterocycles. The number of Topliss-reactive ketones (excluding diaryl/α,β-unsaturated/α-hetero) is 1. The number of aliphatic hydroxyl groups is 1. The van der Waals surface area contributed by atoms with Crippen LogP contribution in [0.25, 0.3) is 0 Å². The molecule has 0 aromatic heterocycles. The maximum atomic E-state index is 11.6. The molecule has 2 aliphatic carbocycles. The lowest BCUT2D eigenvalue weighted by molar-refractivity contribution is -0.117. The van der Waals surface area contributed by atoms with Gasteiger partial charge in [0.25, 0.3) is 0 Å². The molecule has 0 aliphatic heterocycles. The molecule has 0 aromatic rings. The van der Waals surface area contributed by atoms with Crippen molar-refractivity contribution in [2.75, 3.05) is 0 Å². The maximum Gasteiger partial charge on any atom is 0.158 e. The number of allylic oxidation sites excluding steroid dienone is 1. The number of rotatable bonds is 0. The van der Waals surface area contributed by atoms with Crippen molar-refractivity contribution in [2.45, 2.75) is 52.1 Å². The van der Waals surface area contributed by atoms with Gasteiger partial charge in [-0.2, -0.15) is 0 Å². The monoisotopic (exact) mass is 194 g/mol. The van der Waals surface area contributed by atoms with Gasteiger partial charge in [-0.3, -0.25) is 4.79 Å². The fraction of sp³-hybridized carbons (Fsp3) is 0.750. The zero-order chi connectivity index (χ0) is 10.3. The van der Waals surface area contributed by atoms with Gasteiger partial charge in [-0.25, -0.2) is 0 Å². The van der Waals surface area contributed by atoms with E-state index in [-0.39, 0.29) is 17.3 Å². The molecule has 2 rings (SSSR count). The summed E-state index contributed by atoms with van der Waals surface area (Å²) in [7, 11) is 0. The molecule has 0 spiro atoms. The van der Waals surface area contributed by atoms with Crippen molar-refractivity contribution in [3.63, 3.8) is 0 Å². The Morgan fingerprint density at radius 2 is 2.14 bits per heavy atom. The van der Waals surface area contributed by atoms with E-state index in [0.29, 0.717) is 6.42 Å². The van der Waals surface area contributed by atoms with Gasteiger partial charge in [0.15, 0.2) is 5.78 Å². The molecule has 2 atom stereocenters. The molecule has 0 unspecified atom stereocenters. The van der Waals surface area contributed by atoms with E-state index in [1.54, 1.807) is 0 Å². The first-order chi connectivity index (χ1) is 6.54. The highest BCUT2D eigenvalue weighted by atomic mass is 16.3. The van der Waals surface area contributed by atoms with Crippen molar-refractivity contribution in [1.82, 2.24) is 0 Å². The standard InChI is InChI=1S/C12H18O2/c1-8-9(13)5-7-12(2)6-3-4-10(14)11(8)12/h10,14H,3-7H2,1-2H3/t10-,12+/m1/s1. The zero-order valence-corrected chi connectivity index (χ0v) is 8.97. The summed E-state index contributed by atoms with van der Waals surface area (Å²) in [5.74, 6) is 0.235. The van der Waals surface area contributed by atoms with Crippen LogP contribution in [0.1, 0.15) is 46.0 Å². The van der Waals surface area contributed by atoms with Gasteiger partial charge in [-0.05, 0) is 49.2 Å². The quantitative estimate of drug-likeness (QED) is 0.642. The second-order valence-electron chi connectivity index (χ2n) is 4.93. The lowest BCUT2D eigenvalue weighted by atomic mass is 9.63. The molecular weight excluding hydrogens is 176 g/mol. The Morgan fingerprint density at radius 3 is 2.86 bits per heavy atom. The highest BCUT2D eigenvalue weighted by Gasteiger charge is 2.41. The number of aliphatic hydroxyl groups excluding tert-OH is 1. The predicted molar refractivity (Wildman–Crippen MR) is 54.9 cm³/mol. The van der Waals surface area contributed by atoms with Crippen molar-refractivity contribution in [2.24, 2.45) is 5.41 Å². The van der Waals surface area contributed by atoms with Crippen LogP contribution in [0, 0.1) is 5.41 Å². The first-order valence-electron chi connectivity index (χ1n) is 5.47. The molecule has 2 heteroatoms. The smallest absolute Gasteiger partial charge is 0.158 e. The first-order valence-corrected chi connectivity index (χ1v) is 5.47. The number of fused-ring (bicyclic) bond motifs is 1. The number of ketones is 1. The summed E-state index contributed by atoms with van der Waals surface area (Å²) in [4.78, 5) is 11.6. The van der Waals surface area contributed by atoms with Gasteiger partial charge in [-0.15, -0.1) is 0 Å². The van der Waals surface area contributed by atoms with E-state index in [2.05, 4.69) is 6.92 Å². The van der Waals surface area contributed by atoms with Gasteiger partial charge >= 0.3 is 0 Å². The largest absolute Gasteiger partial charge is 0.389 e. The summed E-state index contributed by atoms with van der Waals surface area (Å²) >= 11 is 0. The molecule has 0 aromatic carbocycles. The molecule has 0 heterocycles. The van der Waals surface area contributed by atoms with Crippen LogP contribution in [0.15, 0.2) is 11.1 Å². The molecule has 1 N–H and O–H groups in total. The molecule has 1 saturated carbocycles. The number of carbonyl (C=O) groups is 1. The second kappa shape index (κ2) is 3.20. The minimum Gasteiger partial charge on any atom is -0.389 e. The Bertz CT molecular complexity index is 303. The molecule has 1 fully saturated rings. The fourth-order valence-electron chi connectivity index (χ4n) is 3.06. The van der Waals surface area contributed by atoms with Crippen LogP contribution in [-0.4, -0.2) is 17.0 Å². The van der Waals surface area contributed by atoms with Crippen molar-refractivity contribution in [3.8, 4) is 0 Å². The summed E-state index contributed by atoms with van der Waals surface area (Å²) in [5.41, 5.74) is 1.99. The Balaban J connectivity index is 2.47. The molecular formula is C12H18O2. The third kappa shape index (κ3) is 1.33. The summed E-state index contributed by atoms with van der Waals surface area (Å²) in [5, 5.41) is 9.95. The molecule has 0 bridgehead atoms. The van der Waals surface area contributed by atoms with Crippen molar-refractivity contribution in [3.05, 3.63) is 11.1 Å². The summed E-state index contributed by atoms with van der Waals surface area (Å²) in [6, 6.07) is 0. The molecule has 0 radical (unpaired) electrons. The van der Waals surface area contributed by atoms with Crippen LogP contribution in [0.3, 0.4) is 0 Å². The third-order valence-corrected chi connectivity index (χ3v) is 3.92. The van der Waals surface area contributed by atoms with Crippen molar-refractivity contribution < 1.29 is 9.90 Å². The van der Waals surface area contributed by atoms with E-state index >= 15 is 0 Å². The molecule has 0 amide bonds. The average Bonchev–Trinajstić information content (AvgIpc) is 2.12. The van der Waals surface area contributed by atoms with Gasteiger partial charge in [0.1, 0.15) is 0 Å². The maximum absolute atomic E-state index is 11.6. The van der Waals surface area contributed by atoms with Crippen molar-refractivity contribution >= 4 is 5.78 Å². The summed E-state index contributed by atoms with van der Waals surface area (Å²) in [6.45, 7) is 4.07. The van der Waals surface area contributed by atoms with Gasteiger partial charge in [0.2, 0.25) is 0 Å². The van der Waals surface area contributed by atoms with Gasteiger partial charge < -0.3 is 5.11 Å².